The van der Waals surface area contributed by atoms with Crippen molar-refractivity contribution in [3.63, 3.8) is 0 Å². The SMILES string of the molecule is NCc1cccc(-c2cc(COc3ccccc3C(NCC3CC3)C(=O)O)cc3ccoc23)c1. The van der Waals surface area contributed by atoms with Gasteiger partial charge in [-0.1, -0.05) is 36.4 Å². The lowest BCUT2D eigenvalue weighted by molar-refractivity contribution is -0.139. The fourth-order valence-electron chi connectivity index (χ4n) is 4.26. The summed E-state index contributed by atoms with van der Waals surface area (Å²) in [4.78, 5) is 12.0. The smallest absolute Gasteiger partial charge is 0.325 e. The predicted octanol–water partition coefficient (Wildman–Crippen LogP) is 5.26. The van der Waals surface area contributed by atoms with E-state index >= 15 is 0 Å². The molecule has 1 aliphatic carbocycles. The number of fused-ring (bicyclic) bond motifs is 1. The van der Waals surface area contributed by atoms with Gasteiger partial charge in [0.25, 0.3) is 0 Å². The molecular weight excluding hydrogens is 428 g/mol. The lowest BCUT2D eigenvalue weighted by Gasteiger charge is -2.19. The van der Waals surface area contributed by atoms with Gasteiger partial charge in [0.1, 0.15) is 24.0 Å². The Labute approximate surface area is 198 Å². The number of hydrogen-bond donors (Lipinski definition) is 3. The molecule has 1 atom stereocenters. The van der Waals surface area contributed by atoms with Crippen LogP contribution < -0.4 is 15.8 Å². The number of nitrogens with one attached hydrogen (secondary N) is 1. The largest absolute Gasteiger partial charge is 0.489 e. The number of benzene rings is 3. The second-order valence-corrected chi connectivity index (χ2v) is 8.84. The summed E-state index contributed by atoms with van der Waals surface area (Å²) in [5, 5.41) is 14.0. The van der Waals surface area contributed by atoms with Crippen LogP contribution >= 0.6 is 0 Å². The highest BCUT2D eigenvalue weighted by molar-refractivity contribution is 5.93. The molecule has 1 saturated carbocycles. The number of aliphatic carboxylic acids is 1. The minimum atomic E-state index is -0.904. The van der Waals surface area contributed by atoms with E-state index in [0.29, 0.717) is 36.9 Å². The zero-order valence-corrected chi connectivity index (χ0v) is 18.9. The van der Waals surface area contributed by atoms with Crippen LogP contribution in [0.3, 0.4) is 0 Å². The Morgan fingerprint density at radius 2 is 1.94 bits per heavy atom. The number of carbonyl (C=O) groups is 1. The highest BCUT2D eigenvalue weighted by Gasteiger charge is 2.27. The molecule has 1 heterocycles. The van der Waals surface area contributed by atoms with Gasteiger partial charge in [-0.05, 0) is 72.3 Å². The highest BCUT2D eigenvalue weighted by atomic mass is 16.5. The molecule has 0 bridgehead atoms. The van der Waals surface area contributed by atoms with Crippen molar-refractivity contribution in [2.45, 2.75) is 32.0 Å². The average molecular weight is 457 g/mol. The number of nitrogens with two attached hydrogens (primary N) is 1. The molecule has 0 spiro atoms. The molecule has 174 valence electrons. The van der Waals surface area contributed by atoms with Crippen LogP contribution in [-0.4, -0.2) is 17.6 Å². The Kier molecular flexibility index (Phi) is 6.34. The average Bonchev–Trinajstić information content (AvgIpc) is 3.57. The summed E-state index contributed by atoms with van der Waals surface area (Å²) in [6, 6.07) is 20.7. The van der Waals surface area contributed by atoms with Crippen molar-refractivity contribution in [3.05, 3.63) is 89.7 Å². The van der Waals surface area contributed by atoms with Crippen LogP contribution in [0.15, 0.2) is 77.4 Å². The van der Waals surface area contributed by atoms with Gasteiger partial charge in [0.15, 0.2) is 0 Å². The molecule has 6 heteroatoms. The maximum Gasteiger partial charge on any atom is 0.325 e. The van der Waals surface area contributed by atoms with Gasteiger partial charge >= 0.3 is 5.97 Å². The summed E-state index contributed by atoms with van der Waals surface area (Å²) >= 11 is 0. The van der Waals surface area contributed by atoms with Crippen molar-refractivity contribution >= 4 is 16.9 Å². The summed E-state index contributed by atoms with van der Waals surface area (Å²) in [5.74, 6) is 0.239. The van der Waals surface area contributed by atoms with Crippen LogP contribution in [-0.2, 0) is 17.9 Å². The van der Waals surface area contributed by atoms with Gasteiger partial charge in [-0.2, -0.15) is 0 Å². The second kappa shape index (κ2) is 9.71. The van der Waals surface area contributed by atoms with Gasteiger partial charge in [0.2, 0.25) is 0 Å². The molecule has 34 heavy (non-hydrogen) atoms. The molecule has 0 radical (unpaired) electrons. The summed E-state index contributed by atoms with van der Waals surface area (Å²) in [6.45, 7) is 1.47. The molecule has 4 aromatic rings. The van der Waals surface area contributed by atoms with Gasteiger partial charge in [-0.3, -0.25) is 4.79 Å². The van der Waals surface area contributed by atoms with Crippen molar-refractivity contribution in [1.29, 1.82) is 0 Å². The van der Waals surface area contributed by atoms with Crippen LogP contribution in [0.5, 0.6) is 5.75 Å². The van der Waals surface area contributed by atoms with Crippen molar-refractivity contribution < 1.29 is 19.1 Å². The van der Waals surface area contributed by atoms with E-state index in [1.807, 2.05) is 54.6 Å². The topological polar surface area (TPSA) is 97.7 Å². The maximum absolute atomic E-state index is 12.0. The third-order valence-corrected chi connectivity index (χ3v) is 6.26. The molecule has 1 aliphatic rings. The van der Waals surface area contributed by atoms with Gasteiger partial charge in [-0.25, -0.2) is 0 Å². The van der Waals surface area contributed by atoms with Crippen molar-refractivity contribution in [2.75, 3.05) is 6.54 Å². The van der Waals surface area contributed by atoms with Crippen molar-refractivity contribution in [2.24, 2.45) is 11.7 Å². The van der Waals surface area contributed by atoms with Crippen LogP contribution in [0.25, 0.3) is 22.1 Å². The van der Waals surface area contributed by atoms with E-state index in [2.05, 4.69) is 17.4 Å². The number of ether oxygens (including phenoxy) is 1. The molecule has 6 nitrogen and oxygen atoms in total. The molecule has 1 unspecified atom stereocenters. The maximum atomic E-state index is 12.0. The fourth-order valence-corrected chi connectivity index (χ4v) is 4.26. The predicted molar refractivity (Wildman–Crippen MR) is 131 cm³/mol. The lowest BCUT2D eigenvalue weighted by atomic mass is 9.99. The minimum Gasteiger partial charge on any atom is -0.489 e. The monoisotopic (exact) mass is 456 g/mol. The summed E-state index contributed by atoms with van der Waals surface area (Å²) in [6.07, 6.45) is 4.00. The standard InChI is InChI=1S/C28H28N2O4/c29-15-19-4-3-5-21(12-19)24-14-20(13-22-10-11-33-27(22)24)17-34-25-7-2-1-6-23(25)26(28(31)32)30-16-18-8-9-18/h1-7,10-14,18,26,30H,8-9,15-17,29H2,(H,31,32). The quantitative estimate of drug-likeness (QED) is 0.301. The first-order valence-corrected chi connectivity index (χ1v) is 11.6. The van der Waals surface area contributed by atoms with Crippen LogP contribution in [0.2, 0.25) is 0 Å². The molecular formula is C28H28N2O4. The molecule has 3 aromatic carbocycles. The molecule has 5 rings (SSSR count). The highest BCUT2D eigenvalue weighted by Crippen LogP contribution is 2.33. The lowest BCUT2D eigenvalue weighted by Crippen LogP contribution is -2.30. The molecule has 0 saturated heterocycles. The first-order chi connectivity index (χ1) is 16.6. The van der Waals surface area contributed by atoms with Gasteiger partial charge in [0, 0.05) is 23.1 Å². The number of rotatable bonds is 10. The van der Waals surface area contributed by atoms with E-state index in [4.69, 9.17) is 14.9 Å². The Morgan fingerprint density at radius 1 is 1.09 bits per heavy atom. The van der Waals surface area contributed by atoms with E-state index in [-0.39, 0.29) is 0 Å². The minimum absolute atomic E-state index is 0.302. The zero-order valence-electron chi connectivity index (χ0n) is 18.9. The molecule has 0 amide bonds. The van der Waals surface area contributed by atoms with E-state index in [1.54, 1.807) is 6.26 Å². The molecule has 1 fully saturated rings. The molecule has 0 aliphatic heterocycles. The first-order valence-electron chi connectivity index (χ1n) is 11.6. The van der Waals surface area contributed by atoms with Crippen LogP contribution in [0.1, 0.15) is 35.6 Å². The molecule has 4 N–H and O–H groups in total. The van der Waals surface area contributed by atoms with Gasteiger partial charge in [-0.15, -0.1) is 0 Å². The third kappa shape index (κ3) is 4.83. The summed E-state index contributed by atoms with van der Waals surface area (Å²) < 4.78 is 12.0. The number of para-hydroxylation sites is 1. The Bertz CT molecular complexity index is 1310. The fraction of sp³-hybridized carbons (Fsp3) is 0.250. The Balaban J connectivity index is 1.42. The second-order valence-electron chi connectivity index (χ2n) is 8.84. The van der Waals surface area contributed by atoms with Gasteiger partial charge in [0.05, 0.1) is 6.26 Å². The number of carboxylic acid groups (broad SMARTS) is 1. The Hall–Kier alpha value is -3.61. The Morgan fingerprint density at radius 3 is 2.74 bits per heavy atom. The van der Waals surface area contributed by atoms with Crippen molar-refractivity contribution in [3.8, 4) is 16.9 Å². The van der Waals surface area contributed by atoms with E-state index in [0.717, 1.165) is 46.1 Å². The summed E-state index contributed by atoms with van der Waals surface area (Å²) in [5.41, 5.74) is 11.3. The van der Waals surface area contributed by atoms with Gasteiger partial charge < -0.3 is 25.3 Å². The van der Waals surface area contributed by atoms with E-state index in [9.17, 15) is 9.90 Å². The normalized spacial score (nSPS) is 14.3. The number of furan rings is 1. The zero-order chi connectivity index (χ0) is 23.5. The molecule has 1 aromatic heterocycles. The number of hydrogen-bond acceptors (Lipinski definition) is 5. The van der Waals surface area contributed by atoms with Crippen LogP contribution in [0.4, 0.5) is 0 Å². The first kappa shape index (κ1) is 22.2. The van der Waals surface area contributed by atoms with E-state index in [1.165, 1.54) is 0 Å². The van der Waals surface area contributed by atoms with Crippen molar-refractivity contribution in [1.82, 2.24) is 5.32 Å². The van der Waals surface area contributed by atoms with Crippen LogP contribution in [0, 0.1) is 5.92 Å². The third-order valence-electron chi connectivity index (χ3n) is 6.26. The summed E-state index contributed by atoms with van der Waals surface area (Å²) in [7, 11) is 0. The number of carboxylic acids is 1. The van der Waals surface area contributed by atoms with E-state index < -0.39 is 12.0 Å².